The number of anilines is 4. The SMILES string of the molecule is COc1cc2ncnc(Nc3ccc(F)c(Cl)c3)c2cc1NC(=O)/C=C/CN1CCC(CN2CCC[C@H](Nc3ccc4c(c3)C(=O)N(C3CCC(=O)NC3=O)C4=O)C2)CC1. The van der Waals surface area contributed by atoms with Crippen LogP contribution in [-0.2, 0) is 14.4 Å². The number of carbonyl (C=O) groups excluding carboxylic acids is 5. The van der Waals surface area contributed by atoms with Gasteiger partial charge in [0.25, 0.3) is 11.8 Å². The molecule has 60 heavy (non-hydrogen) atoms. The number of nitrogens with one attached hydrogen (secondary N) is 4. The van der Waals surface area contributed by atoms with Gasteiger partial charge in [-0.1, -0.05) is 17.7 Å². The molecule has 4 aliphatic rings. The van der Waals surface area contributed by atoms with Gasteiger partial charge in [-0.15, -0.1) is 0 Å². The summed E-state index contributed by atoms with van der Waals surface area (Å²) in [5, 5.41) is 12.5. The van der Waals surface area contributed by atoms with Gasteiger partial charge in [0.15, 0.2) is 0 Å². The number of methoxy groups -OCH3 is 1. The van der Waals surface area contributed by atoms with Gasteiger partial charge in [0.05, 0.1) is 34.5 Å². The molecule has 0 radical (unpaired) electrons. The van der Waals surface area contributed by atoms with Crippen LogP contribution in [0.25, 0.3) is 10.9 Å². The number of rotatable bonds is 12. The number of imide groups is 2. The van der Waals surface area contributed by atoms with Crippen molar-refractivity contribution in [3.63, 3.8) is 0 Å². The summed E-state index contributed by atoms with van der Waals surface area (Å²) >= 11 is 5.97. The summed E-state index contributed by atoms with van der Waals surface area (Å²) in [5.74, 6) is -1.44. The van der Waals surface area contributed by atoms with Crippen LogP contribution in [0.4, 0.5) is 27.3 Å². The molecule has 4 N–H and O–H groups in total. The zero-order chi connectivity index (χ0) is 41.9. The second kappa shape index (κ2) is 17.7. The predicted octanol–water partition coefficient (Wildman–Crippen LogP) is 5.36. The van der Waals surface area contributed by atoms with Gasteiger partial charge in [-0.3, -0.25) is 39.1 Å². The Labute approximate surface area is 350 Å². The predicted molar refractivity (Wildman–Crippen MR) is 224 cm³/mol. The van der Waals surface area contributed by atoms with E-state index in [9.17, 15) is 28.4 Å². The number of ether oxygens (including phenoxy) is 1. The fourth-order valence-electron chi connectivity index (χ4n) is 8.50. The molecule has 5 heterocycles. The molecule has 4 aliphatic heterocycles. The zero-order valence-electron chi connectivity index (χ0n) is 33.0. The number of amides is 5. The van der Waals surface area contributed by atoms with Crippen LogP contribution in [0.3, 0.4) is 0 Å². The van der Waals surface area contributed by atoms with E-state index in [0.717, 1.165) is 69.0 Å². The lowest BCUT2D eigenvalue weighted by Crippen LogP contribution is -2.54. The first kappa shape index (κ1) is 40.8. The fraction of sp³-hybridized carbons (Fsp3) is 0.372. The topological polar surface area (TPSA) is 178 Å². The number of nitrogens with zero attached hydrogens (tertiary/aromatic N) is 5. The normalized spacial score (nSPS) is 20.4. The van der Waals surface area contributed by atoms with Crippen molar-refractivity contribution in [1.82, 2.24) is 30.0 Å². The molecule has 312 valence electrons. The molecule has 15 nitrogen and oxygen atoms in total. The lowest BCUT2D eigenvalue weighted by Gasteiger charge is -2.38. The maximum atomic E-state index is 13.7. The summed E-state index contributed by atoms with van der Waals surface area (Å²) in [6, 6.07) is 12.1. The molecule has 0 bridgehead atoms. The van der Waals surface area contributed by atoms with Crippen molar-refractivity contribution in [2.24, 2.45) is 5.92 Å². The van der Waals surface area contributed by atoms with Crippen molar-refractivity contribution in [2.45, 2.75) is 50.6 Å². The van der Waals surface area contributed by atoms with Crippen LogP contribution in [0.15, 0.2) is 67.0 Å². The summed E-state index contributed by atoms with van der Waals surface area (Å²) in [6.07, 6.45) is 9.12. The van der Waals surface area contributed by atoms with E-state index in [1.807, 2.05) is 12.1 Å². The molecule has 3 saturated heterocycles. The van der Waals surface area contributed by atoms with Gasteiger partial charge in [-0.25, -0.2) is 14.4 Å². The lowest BCUT2D eigenvalue weighted by molar-refractivity contribution is -0.136. The number of hydrogen-bond donors (Lipinski definition) is 4. The fourth-order valence-corrected chi connectivity index (χ4v) is 8.68. The van der Waals surface area contributed by atoms with Crippen LogP contribution in [-0.4, -0.2) is 113 Å². The third kappa shape index (κ3) is 8.95. The summed E-state index contributed by atoms with van der Waals surface area (Å²) in [4.78, 5) is 78.1. The monoisotopic (exact) mass is 837 g/mol. The van der Waals surface area contributed by atoms with Gasteiger partial charge >= 0.3 is 0 Å². The Hall–Kier alpha value is -5.97. The van der Waals surface area contributed by atoms with Crippen molar-refractivity contribution >= 4 is 74.9 Å². The molecule has 3 aromatic carbocycles. The number of aromatic nitrogens is 2. The molecule has 0 spiro atoms. The molecule has 17 heteroatoms. The smallest absolute Gasteiger partial charge is 0.262 e. The van der Waals surface area contributed by atoms with Crippen molar-refractivity contribution in [1.29, 1.82) is 0 Å². The molecule has 0 aliphatic carbocycles. The standard InChI is InChI=1S/C43H45ClFN9O6/c1-60-37-21-34-31(40(47-24-46-34)49-27-7-9-33(45)32(44)19-27)20-35(37)50-38(55)5-3-14-52-16-12-25(13-17-52)22-53-15-2-4-28(23-53)48-26-6-8-29-30(18-26)43(59)54(42(29)58)36-10-11-39(56)51-41(36)57/h3,5-9,18-21,24-25,28,36,48H,2,4,10-17,22-23H2,1H3,(H,50,55)(H,46,47,49)(H,51,56,57)/b5-3+/t28-,36?/m0/s1. The van der Waals surface area contributed by atoms with E-state index in [4.69, 9.17) is 16.3 Å². The van der Waals surface area contributed by atoms with E-state index in [0.29, 0.717) is 46.3 Å². The Morgan fingerprint density at radius 3 is 2.53 bits per heavy atom. The van der Waals surface area contributed by atoms with Crippen LogP contribution >= 0.6 is 11.6 Å². The third-order valence-electron chi connectivity index (χ3n) is 11.6. The highest BCUT2D eigenvalue weighted by molar-refractivity contribution is 6.31. The molecule has 0 saturated carbocycles. The summed E-state index contributed by atoms with van der Waals surface area (Å²) in [6.45, 7) is 5.38. The number of halogens is 2. The van der Waals surface area contributed by atoms with Gasteiger partial charge in [0, 0.05) is 61.0 Å². The highest BCUT2D eigenvalue weighted by atomic mass is 35.5. The van der Waals surface area contributed by atoms with Crippen LogP contribution < -0.4 is 26.0 Å². The molecule has 4 aromatic rings. The van der Waals surface area contributed by atoms with Gasteiger partial charge < -0.3 is 25.6 Å². The molecule has 3 fully saturated rings. The van der Waals surface area contributed by atoms with Crippen molar-refractivity contribution in [3.05, 3.63) is 89.0 Å². The minimum atomic E-state index is -0.991. The minimum Gasteiger partial charge on any atom is -0.494 e. The Kier molecular flexibility index (Phi) is 12.0. The average molecular weight is 838 g/mol. The molecule has 2 atom stereocenters. The number of carbonyl (C=O) groups is 5. The molecule has 5 amide bonds. The molecule has 1 aromatic heterocycles. The first-order chi connectivity index (χ1) is 29.0. The van der Waals surface area contributed by atoms with E-state index in [1.54, 1.807) is 30.3 Å². The third-order valence-corrected chi connectivity index (χ3v) is 11.9. The van der Waals surface area contributed by atoms with Gasteiger partial charge in [-0.2, -0.15) is 0 Å². The molecule has 8 rings (SSSR count). The number of piperidine rings is 3. The zero-order valence-corrected chi connectivity index (χ0v) is 33.8. The average Bonchev–Trinajstić information content (AvgIpc) is 3.47. The van der Waals surface area contributed by atoms with Crippen LogP contribution in [0, 0.1) is 11.7 Å². The van der Waals surface area contributed by atoms with Gasteiger partial charge in [0.2, 0.25) is 17.7 Å². The van der Waals surface area contributed by atoms with Crippen molar-refractivity contribution in [2.75, 3.05) is 62.3 Å². The van der Waals surface area contributed by atoms with E-state index < -0.39 is 35.5 Å². The van der Waals surface area contributed by atoms with Crippen molar-refractivity contribution < 1.29 is 33.1 Å². The highest BCUT2D eigenvalue weighted by Gasteiger charge is 2.44. The first-order valence-electron chi connectivity index (χ1n) is 20.1. The summed E-state index contributed by atoms with van der Waals surface area (Å²) < 4.78 is 19.3. The Balaban J connectivity index is 0.799. The largest absolute Gasteiger partial charge is 0.494 e. The number of fused-ring (bicyclic) bond motifs is 2. The Morgan fingerprint density at radius 1 is 0.950 bits per heavy atom. The molecular formula is C43H45ClFN9O6. The molecular weight excluding hydrogens is 793 g/mol. The maximum absolute atomic E-state index is 13.7. The van der Waals surface area contributed by atoms with E-state index >= 15 is 0 Å². The number of benzene rings is 3. The quantitative estimate of drug-likeness (QED) is 0.106. The van der Waals surface area contributed by atoms with Gasteiger partial charge in [-0.05, 0) is 100 Å². The summed E-state index contributed by atoms with van der Waals surface area (Å²) in [7, 11) is 1.52. The number of hydrogen-bond acceptors (Lipinski definition) is 12. The second-order valence-electron chi connectivity index (χ2n) is 15.6. The first-order valence-corrected chi connectivity index (χ1v) is 20.5. The van der Waals surface area contributed by atoms with Crippen molar-refractivity contribution in [3.8, 4) is 5.75 Å². The van der Waals surface area contributed by atoms with E-state index in [-0.39, 0.29) is 40.9 Å². The Morgan fingerprint density at radius 2 is 1.75 bits per heavy atom. The lowest BCUT2D eigenvalue weighted by atomic mass is 9.94. The highest BCUT2D eigenvalue weighted by Crippen LogP contribution is 2.34. The van der Waals surface area contributed by atoms with Crippen LogP contribution in [0.1, 0.15) is 59.2 Å². The van der Waals surface area contributed by atoms with E-state index in [2.05, 4.69) is 41.0 Å². The second-order valence-corrected chi connectivity index (χ2v) is 16.0. The Bertz CT molecular complexity index is 2390. The minimum absolute atomic E-state index is 0.0228. The van der Waals surface area contributed by atoms with E-state index in [1.165, 1.54) is 31.6 Å². The molecule has 1 unspecified atom stereocenters. The van der Waals surface area contributed by atoms with Crippen LogP contribution in [0.5, 0.6) is 5.75 Å². The summed E-state index contributed by atoms with van der Waals surface area (Å²) in [5.41, 5.74) is 2.86. The van der Waals surface area contributed by atoms with Gasteiger partial charge in [0.1, 0.15) is 29.8 Å². The maximum Gasteiger partial charge on any atom is 0.262 e. The van der Waals surface area contributed by atoms with Crippen LogP contribution in [0.2, 0.25) is 5.02 Å². The number of likely N-dealkylation sites (tertiary alicyclic amines) is 2.